The van der Waals surface area contributed by atoms with E-state index in [-0.39, 0.29) is 0 Å². The molecule has 3 aliphatic rings. The van der Waals surface area contributed by atoms with E-state index >= 15 is 0 Å². The molecule has 2 aliphatic heterocycles. The summed E-state index contributed by atoms with van der Waals surface area (Å²) in [6.07, 6.45) is 1.97. The number of phenolic OH excluding ortho intramolecular Hbond substituents is 1. The highest BCUT2D eigenvalue weighted by atomic mass is 16.7. The van der Waals surface area contributed by atoms with Gasteiger partial charge in [-0.25, -0.2) is 0 Å². The highest BCUT2D eigenvalue weighted by Gasteiger charge is 2.37. The van der Waals surface area contributed by atoms with Crippen molar-refractivity contribution in [1.29, 1.82) is 0 Å². The fourth-order valence-corrected chi connectivity index (χ4v) is 4.10. The molecule has 0 saturated heterocycles. The van der Waals surface area contributed by atoms with Gasteiger partial charge < -0.3 is 14.6 Å². The summed E-state index contributed by atoms with van der Waals surface area (Å²) in [6, 6.07) is 8.16. The molecule has 2 heterocycles. The maximum Gasteiger partial charge on any atom is 0.231 e. The van der Waals surface area contributed by atoms with E-state index in [0.29, 0.717) is 18.6 Å². The van der Waals surface area contributed by atoms with Gasteiger partial charge in [0.2, 0.25) is 6.79 Å². The third kappa shape index (κ3) is 1.50. The second kappa shape index (κ2) is 4.17. The van der Waals surface area contributed by atoms with Crippen molar-refractivity contribution in [2.75, 3.05) is 20.4 Å². The Labute approximate surface area is 128 Å². The molecule has 2 aromatic carbocycles. The largest absolute Gasteiger partial charge is 0.508 e. The van der Waals surface area contributed by atoms with Crippen molar-refractivity contribution in [3.63, 3.8) is 0 Å². The molecule has 0 spiro atoms. The van der Waals surface area contributed by atoms with Crippen LogP contribution in [-0.4, -0.2) is 30.4 Å². The minimum absolute atomic E-state index is 0.291. The number of aromatic hydroxyl groups is 1. The molecular weight excluding hydrogens is 278 g/mol. The van der Waals surface area contributed by atoms with E-state index in [9.17, 15) is 5.11 Å². The van der Waals surface area contributed by atoms with E-state index in [1.807, 2.05) is 12.1 Å². The quantitative estimate of drug-likeness (QED) is 0.811. The van der Waals surface area contributed by atoms with Crippen molar-refractivity contribution >= 4 is 0 Å². The first-order chi connectivity index (χ1) is 10.7. The number of ether oxygens (including phenoxy) is 2. The Hall–Kier alpha value is -2.20. The summed E-state index contributed by atoms with van der Waals surface area (Å²) < 4.78 is 11.4. The molecule has 0 unspecified atom stereocenters. The van der Waals surface area contributed by atoms with E-state index in [1.54, 1.807) is 6.07 Å². The predicted molar refractivity (Wildman–Crippen MR) is 82.4 cm³/mol. The normalized spacial score (nSPS) is 21.4. The van der Waals surface area contributed by atoms with Gasteiger partial charge in [0.25, 0.3) is 0 Å². The molecule has 1 N–H and O–H groups in total. The van der Waals surface area contributed by atoms with Crippen molar-refractivity contribution in [1.82, 2.24) is 4.90 Å². The smallest absolute Gasteiger partial charge is 0.231 e. The van der Waals surface area contributed by atoms with Crippen molar-refractivity contribution in [3.8, 4) is 28.4 Å². The van der Waals surface area contributed by atoms with E-state index in [1.165, 1.54) is 27.8 Å². The summed E-state index contributed by atoms with van der Waals surface area (Å²) in [7, 11) is 2.18. The summed E-state index contributed by atoms with van der Waals surface area (Å²) in [5.74, 6) is 2.05. The maximum absolute atomic E-state index is 9.85. The number of phenols is 1. The summed E-state index contributed by atoms with van der Waals surface area (Å²) in [4.78, 5) is 2.40. The number of rotatable bonds is 0. The van der Waals surface area contributed by atoms with Gasteiger partial charge in [-0.1, -0.05) is 6.07 Å². The Morgan fingerprint density at radius 2 is 2.09 bits per heavy atom. The number of hydrogen-bond acceptors (Lipinski definition) is 4. The zero-order valence-corrected chi connectivity index (χ0v) is 12.4. The molecule has 0 amide bonds. The topological polar surface area (TPSA) is 41.9 Å². The van der Waals surface area contributed by atoms with Crippen LogP contribution >= 0.6 is 0 Å². The lowest BCUT2D eigenvalue weighted by Gasteiger charge is -2.40. The molecule has 5 rings (SSSR count). The van der Waals surface area contributed by atoms with E-state index < -0.39 is 0 Å². The molecule has 0 aromatic heterocycles. The average Bonchev–Trinajstić information content (AvgIpc) is 2.98. The monoisotopic (exact) mass is 295 g/mol. The molecule has 4 nitrogen and oxygen atoms in total. The van der Waals surface area contributed by atoms with Crippen molar-refractivity contribution in [2.24, 2.45) is 0 Å². The maximum atomic E-state index is 9.85. The van der Waals surface area contributed by atoms with Crippen LogP contribution in [-0.2, 0) is 12.8 Å². The Balaban J connectivity index is 1.87. The van der Waals surface area contributed by atoms with Gasteiger partial charge in [-0.2, -0.15) is 0 Å². The van der Waals surface area contributed by atoms with Gasteiger partial charge in [0.05, 0.1) is 0 Å². The number of fused-ring (bicyclic) bond motifs is 4. The minimum Gasteiger partial charge on any atom is -0.508 e. The molecule has 1 atom stereocenters. The lowest BCUT2D eigenvalue weighted by Crippen LogP contribution is -2.35. The predicted octanol–water partition coefficient (Wildman–Crippen LogP) is 2.87. The van der Waals surface area contributed by atoms with E-state index in [2.05, 4.69) is 18.0 Å². The fraction of sp³-hybridized carbons (Fsp3) is 0.333. The first-order valence-electron chi connectivity index (χ1n) is 7.70. The third-order valence-corrected chi connectivity index (χ3v) is 5.16. The SMILES string of the molecule is CN1CCc2cc3c(c4c2[C@H]1Cc1cc(O)ccc1-4)OCO3. The first kappa shape index (κ1) is 12.4. The van der Waals surface area contributed by atoms with Gasteiger partial charge in [0.1, 0.15) is 5.75 Å². The molecule has 4 heteroatoms. The van der Waals surface area contributed by atoms with Crippen LogP contribution in [0.3, 0.4) is 0 Å². The van der Waals surface area contributed by atoms with Crippen molar-refractivity contribution in [2.45, 2.75) is 18.9 Å². The van der Waals surface area contributed by atoms with Gasteiger partial charge in [-0.05, 0) is 60.3 Å². The van der Waals surface area contributed by atoms with Crippen LogP contribution in [0.1, 0.15) is 22.7 Å². The molecule has 0 radical (unpaired) electrons. The van der Waals surface area contributed by atoms with Gasteiger partial charge >= 0.3 is 0 Å². The van der Waals surface area contributed by atoms with Gasteiger partial charge in [-0.3, -0.25) is 4.90 Å². The number of likely N-dealkylation sites (N-methyl/N-ethyl adjacent to an activating group) is 1. The molecule has 0 saturated carbocycles. The highest BCUT2D eigenvalue weighted by Crippen LogP contribution is 2.53. The van der Waals surface area contributed by atoms with Gasteiger partial charge in [0, 0.05) is 18.2 Å². The Kier molecular flexibility index (Phi) is 2.34. The number of nitrogens with zero attached hydrogens (tertiary/aromatic N) is 1. The minimum atomic E-state index is 0.291. The van der Waals surface area contributed by atoms with Gasteiger partial charge in [0.15, 0.2) is 11.5 Å². The standard InChI is InChI=1S/C18H17NO3/c1-19-5-4-10-8-15-18(22-9-21-15)17-13-3-2-12(20)6-11(13)7-14(19)16(10)17/h2-3,6,8,14,20H,4-5,7,9H2,1H3/t14-/m1/s1. The van der Waals surface area contributed by atoms with Crippen LogP contribution in [0.5, 0.6) is 17.2 Å². The lowest BCUT2D eigenvalue weighted by molar-refractivity contribution is 0.174. The van der Waals surface area contributed by atoms with Crippen LogP contribution in [0, 0.1) is 0 Å². The fourth-order valence-electron chi connectivity index (χ4n) is 4.10. The zero-order valence-electron chi connectivity index (χ0n) is 12.4. The van der Waals surface area contributed by atoms with Crippen LogP contribution in [0.4, 0.5) is 0 Å². The van der Waals surface area contributed by atoms with Gasteiger partial charge in [-0.15, -0.1) is 0 Å². The molecular formula is C18H17NO3. The lowest BCUT2D eigenvalue weighted by atomic mass is 9.76. The van der Waals surface area contributed by atoms with Crippen LogP contribution in [0.2, 0.25) is 0 Å². The van der Waals surface area contributed by atoms with Crippen molar-refractivity contribution < 1.29 is 14.6 Å². The first-order valence-corrected chi connectivity index (χ1v) is 7.70. The molecule has 2 aromatic rings. The summed E-state index contributed by atoms with van der Waals surface area (Å²) in [6.45, 7) is 1.34. The molecule has 22 heavy (non-hydrogen) atoms. The Morgan fingerprint density at radius 1 is 1.18 bits per heavy atom. The Bertz CT molecular complexity index is 799. The van der Waals surface area contributed by atoms with Crippen LogP contribution < -0.4 is 9.47 Å². The van der Waals surface area contributed by atoms with Crippen LogP contribution in [0.25, 0.3) is 11.1 Å². The third-order valence-electron chi connectivity index (χ3n) is 5.16. The highest BCUT2D eigenvalue weighted by molar-refractivity contribution is 5.84. The number of hydrogen-bond donors (Lipinski definition) is 1. The molecule has 0 bridgehead atoms. The van der Waals surface area contributed by atoms with E-state index in [0.717, 1.165) is 30.9 Å². The zero-order chi connectivity index (χ0) is 14.8. The van der Waals surface area contributed by atoms with Crippen LogP contribution in [0.15, 0.2) is 24.3 Å². The summed E-state index contributed by atoms with van der Waals surface area (Å²) in [5.41, 5.74) is 6.28. The van der Waals surface area contributed by atoms with Crippen molar-refractivity contribution in [3.05, 3.63) is 41.0 Å². The molecule has 1 aliphatic carbocycles. The Morgan fingerprint density at radius 3 is 3.00 bits per heavy atom. The molecule has 0 fully saturated rings. The van der Waals surface area contributed by atoms with E-state index in [4.69, 9.17) is 9.47 Å². The second-order valence-corrected chi connectivity index (χ2v) is 6.35. The number of benzene rings is 2. The molecule has 112 valence electrons. The summed E-state index contributed by atoms with van der Waals surface area (Å²) >= 11 is 0. The average molecular weight is 295 g/mol. The second-order valence-electron chi connectivity index (χ2n) is 6.35. The summed E-state index contributed by atoms with van der Waals surface area (Å²) in [5, 5.41) is 9.85.